The van der Waals surface area contributed by atoms with Crippen LogP contribution in [0.3, 0.4) is 0 Å². The van der Waals surface area contributed by atoms with E-state index in [0.717, 1.165) is 0 Å². The van der Waals surface area contributed by atoms with Crippen molar-refractivity contribution in [3.63, 3.8) is 0 Å². The van der Waals surface area contributed by atoms with Gasteiger partial charge in [0.25, 0.3) is 0 Å². The molecule has 0 aliphatic heterocycles. The molecule has 3 aliphatic rings. The fourth-order valence-corrected chi connectivity index (χ4v) is 11.5. The number of hydrogen-bond donors (Lipinski definition) is 0. The van der Waals surface area contributed by atoms with Crippen LogP contribution in [-0.4, -0.2) is 0 Å². The molecule has 2 heteroatoms. The molecule has 250 valence electrons. The molecule has 52 heavy (non-hydrogen) atoms. The molecule has 0 N–H and O–H groups in total. The molecule has 0 unspecified atom stereocenters. The Bertz CT molecular complexity index is 2740. The van der Waals surface area contributed by atoms with Crippen LogP contribution in [0, 0.1) is 0 Å². The molecule has 1 fully saturated rings. The van der Waals surface area contributed by atoms with Crippen LogP contribution >= 0.6 is 11.3 Å². The van der Waals surface area contributed by atoms with Crippen molar-refractivity contribution in [2.24, 2.45) is 0 Å². The average Bonchev–Trinajstić information content (AvgIpc) is 3.95. The van der Waals surface area contributed by atoms with Crippen LogP contribution in [0.5, 0.6) is 0 Å². The van der Waals surface area contributed by atoms with E-state index in [2.05, 4.69) is 170 Å². The van der Waals surface area contributed by atoms with Crippen LogP contribution in [0.15, 0.2) is 152 Å². The minimum Gasteiger partial charge on any atom is -0.309 e. The summed E-state index contributed by atoms with van der Waals surface area (Å²) >= 11 is 1.89. The van der Waals surface area contributed by atoms with E-state index < -0.39 is 0 Å². The second-order valence-electron chi connectivity index (χ2n) is 15.6. The van der Waals surface area contributed by atoms with Crippen molar-refractivity contribution in [1.29, 1.82) is 0 Å². The smallest absolute Gasteiger partial charge is 0.0555 e. The highest BCUT2D eigenvalue weighted by molar-refractivity contribution is 7.26. The van der Waals surface area contributed by atoms with Crippen molar-refractivity contribution in [3.8, 4) is 33.4 Å². The molecule has 11 rings (SSSR count). The predicted molar refractivity (Wildman–Crippen MR) is 222 cm³/mol. The van der Waals surface area contributed by atoms with Crippen molar-refractivity contribution in [2.45, 2.75) is 50.4 Å². The van der Waals surface area contributed by atoms with Gasteiger partial charge in [-0.15, -0.1) is 11.3 Å². The Hall–Kier alpha value is -5.44. The minimum absolute atomic E-state index is 0.0876. The quantitative estimate of drug-likeness (QED) is 0.178. The molecule has 8 aromatic rings. The average molecular weight is 686 g/mol. The van der Waals surface area contributed by atoms with Gasteiger partial charge in [-0.2, -0.15) is 0 Å². The molecule has 0 bridgehead atoms. The first kappa shape index (κ1) is 30.2. The van der Waals surface area contributed by atoms with Gasteiger partial charge in [-0.05, 0) is 99.3 Å². The summed E-state index contributed by atoms with van der Waals surface area (Å²) in [6.45, 7) is 4.80. The van der Waals surface area contributed by atoms with Gasteiger partial charge in [0.2, 0.25) is 0 Å². The zero-order valence-corrected chi connectivity index (χ0v) is 30.4. The van der Waals surface area contributed by atoms with E-state index in [1.807, 2.05) is 11.3 Å². The highest BCUT2D eigenvalue weighted by Gasteiger charge is 2.45. The number of hydrogen-bond acceptors (Lipinski definition) is 2. The fourth-order valence-electron chi connectivity index (χ4n) is 10.4. The summed E-state index contributed by atoms with van der Waals surface area (Å²) in [5.41, 5.74) is 17.6. The van der Waals surface area contributed by atoms with Crippen molar-refractivity contribution in [2.75, 3.05) is 4.90 Å². The fraction of sp³-hybridized carbons (Fsp3) is 0.160. The predicted octanol–water partition coefficient (Wildman–Crippen LogP) is 14.3. The Morgan fingerprint density at radius 1 is 0.481 bits per heavy atom. The normalized spacial score (nSPS) is 15.9. The van der Waals surface area contributed by atoms with Gasteiger partial charge in [0.1, 0.15) is 0 Å². The van der Waals surface area contributed by atoms with E-state index in [1.54, 1.807) is 0 Å². The molecule has 1 spiro atoms. The summed E-state index contributed by atoms with van der Waals surface area (Å²) in [4.78, 5) is 2.59. The lowest BCUT2D eigenvalue weighted by molar-refractivity contribution is 0.550. The lowest BCUT2D eigenvalue weighted by atomic mass is 9.76. The number of anilines is 3. The lowest BCUT2D eigenvalue weighted by Crippen LogP contribution is -2.21. The van der Waals surface area contributed by atoms with E-state index in [4.69, 9.17) is 0 Å². The third-order valence-corrected chi connectivity index (χ3v) is 13.7. The van der Waals surface area contributed by atoms with Crippen molar-refractivity contribution in [1.82, 2.24) is 0 Å². The van der Waals surface area contributed by atoms with Crippen molar-refractivity contribution < 1.29 is 0 Å². The van der Waals surface area contributed by atoms with E-state index in [0.29, 0.717) is 0 Å². The standard InChI is InChI=1S/C50H39NS/c1-49(2)40-21-7-3-16-34(40)37-19-13-20-38(48(37)49)36-17-5-9-23-43(36)51(44-24-14-26-46-47(44)39-18-6-10-25-45(39)52-46)32-27-28-35-33-15-4-8-22-41(33)50(42(35)31-32)29-11-12-30-50/h3-10,13-28,31H,11-12,29-30H2,1-2H3. The molecule has 0 amide bonds. The first-order valence-corrected chi connectivity index (χ1v) is 19.6. The summed E-state index contributed by atoms with van der Waals surface area (Å²) in [6.07, 6.45) is 4.99. The molecule has 0 radical (unpaired) electrons. The van der Waals surface area contributed by atoms with Crippen molar-refractivity contribution in [3.05, 3.63) is 174 Å². The summed E-state index contributed by atoms with van der Waals surface area (Å²) in [7, 11) is 0. The number of nitrogens with zero attached hydrogens (tertiary/aromatic N) is 1. The molecule has 0 saturated heterocycles. The molecule has 0 atom stereocenters. The topological polar surface area (TPSA) is 3.24 Å². The number of thiophene rings is 1. The van der Waals surface area contributed by atoms with Gasteiger partial charge in [0, 0.05) is 42.3 Å². The second-order valence-corrected chi connectivity index (χ2v) is 16.6. The maximum absolute atomic E-state index is 2.59. The number of benzene rings is 7. The van der Waals surface area contributed by atoms with Crippen LogP contribution < -0.4 is 4.90 Å². The maximum Gasteiger partial charge on any atom is 0.0555 e. The van der Waals surface area contributed by atoms with Gasteiger partial charge < -0.3 is 4.90 Å². The second kappa shape index (κ2) is 11.0. The van der Waals surface area contributed by atoms with Gasteiger partial charge in [0.05, 0.1) is 11.4 Å². The number of fused-ring (bicyclic) bond motifs is 11. The van der Waals surface area contributed by atoms with Crippen LogP contribution in [0.25, 0.3) is 53.6 Å². The maximum atomic E-state index is 2.59. The molecular weight excluding hydrogens is 647 g/mol. The summed E-state index contributed by atoms with van der Waals surface area (Å²) < 4.78 is 2.65. The van der Waals surface area contributed by atoms with Gasteiger partial charge in [-0.3, -0.25) is 0 Å². The van der Waals surface area contributed by atoms with E-state index in [1.165, 1.54) is 119 Å². The third-order valence-electron chi connectivity index (χ3n) is 12.6. The first-order chi connectivity index (χ1) is 25.5. The third kappa shape index (κ3) is 4.05. The zero-order valence-electron chi connectivity index (χ0n) is 29.6. The van der Waals surface area contributed by atoms with E-state index >= 15 is 0 Å². The molecule has 3 aliphatic carbocycles. The van der Waals surface area contributed by atoms with E-state index in [9.17, 15) is 0 Å². The van der Waals surface area contributed by atoms with Crippen molar-refractivity contribution >= 4 is 48.6 Å². The lowest BCUT2D eigenvalue weighted by Gasteiger charge is -2.32. The molecule has 1 saturated carbocycles. The zero-order chi connectivity index (χ0) is 34.6. The number of rotatable bonds is 4. The van der Waals surface area contributed by atoms with Gasteiger partial charge >= 0.3 is 0 Å². The summed E-state index contributed by atoms with van der Waals surface area (Å²) in [6, 6.07) is 57.5. The molecule has 1 heterocycles. The van der Waals surface area contributed by atoms with Crippen LogP contribution in [0.4, 0.5) is 17.1 Å². The van der Waals surface area contributed by atoms with E-state index in [-0.39, 0.29) is 10.8 Å². The first-order valence-electron chi connectivity index (χ1n) is 18.8. The molecule has 1 aromatic heterocycles. The Morgan fingerprint density at radius 2 is 1.06 bits per heavy atom. The highest BCUT2D eigenvalue weighted by Crippen LogP contribution is 2.59. The monoisotopic (exact) mass is 685 g/mol. The number of para-hydroxylation sites is 1. The van der Waals surface area contributed by atoms with Crippen LogP contribution in [-0.2, 0) is 10.8 Å². The largest absolute Gasteiger partial charge is 0.309 e. The Morgan fingerprint density at radius 3 is 1.88 bits per heavy atom. The molecule has 1 nitrogen and oxygen atoms in total. The van der Waals surface area contributed by atoms with Gasteiger partial charge in [0.15, 0.2) is 0 Å². The molecule has 7 aromatic carbocycles. The summed E-state index contributed by atoms with van der Waals surface area (Å²) in [5, 5.41) is 2.64. The summed E-state index contributed by atoms with van der Waals surface area (Å²) in [5.74, 6) is 0. The Labute approximate surface area is 309 Å². The SMILES string of the molecule is CC1(C)c2ccccc2-c2cccc(-c3ccccc3N(c3ccc4c(c3)C3(CCCC3)c3ccccc3-4)c3cccc4sc5ccccc5c34)c21. The minimum atomic E-state index is -0.127. The highest BCUT2D eigenvalue weighted by atomic mass is 32.1. The van der Waals surface area contributed by atoms with Crippen LogP contribution in [0.1, 0.15) is 61.8 Å². The van der Waals surface area contributed by atoms with Gasteiger partial charge in [-0.25, -0.2) is 0 Å². The Balaban J connectivity index is 1.20. The van der Waals surface area contributed by atoms with Gasteiger partial charge in [-0.1, -0.05) is 142 Å². The molecular formula is C50H39NS. The Kier molecular flexibility index (Phi) is 6.41. The van der Waals surface area contributed by atoms with Crippen LogP contribution in [0.2, 0.25) is 0 Å².